The molecule has 1 atom stereocenters. The molecule has 0 fully saturated rings. The van der Waals surface area contributed by atoms with E-state index in [9.17, 15) is 14.0 Å². The summed E-state index contributed by atoms with van der Waals surface area (Å²) in [6.07, 6.45) is 1.72. The molecule has 0 radical (unpaired) electrons. The quantitative estimate of drug-likeness (QED) is 0.746. The Morgan fingerprint density at radius 1 is 1.17 bits per heavy atom. The molecule has 2 aromatic rings. The Morgan fingerprint density at radius 2 is 1.94 bits per heavy atom. The second-order valence-electron chi connectivity index (χ2n) is 3.69. The van der Waals surface area contributed by atoms with Crippen LogP contribution in [0, 0.1) is 10.2 Å². The lowest BCUT2D eigenvalue weighted by atomic mass is 10.1. The lowest BCUT2D eigenvalue weighted by Crippen LogP contribution is -2.60. The zero-order valence-electron chi connectivity index (χ0n) is 8.96. The van der Waals surface area contributed by atoms with Crippen LogP contribution in [0.15, 0.2) is 29.7 Å². The number of benzene rings is 1. The number of fused-ring (bicyclic) bond motifs is 3. The maximum atomic E-state index is 10.6. The van der Waals surface area contributed by atoms with E-state index >= 15 is 0 Å². The predicted octanol–water partition coefficient (Wildman–Crippen LogP) is -0.600. The van der Waals surface area contributed by atoms with Gasteiger partial charge in [0.2, 0.25) is 0 Å². The highest BCUT2D eigenvalue weighted by atomic mass is 35.7. The summed E-state index contributed by atoms with van der Waals surface area (Å²) in [5.41, 5.74) is 2.69. The number of hydrogen-bond acceptors (Lipinski definition) is 4. The van der Waals surface area contributed by atoms with Crippen molar-refractivity contribution in [2.75, 3.05) is 0 Å². The van der Waals surface area contributed by atoms with Gasteiger partial charge in [0.05, 0.1) is 10.2 Å². The number of para-hydroxylation sites is 1. The first-order valence-electron chi connectivity index (χ1n) is 4.99. The Labute approximate surface area is 107 Å². The van der Waals surface area contributed by atoms with E-state index in [2.05, 4.69) is 8.72 Å². The van der Waals surface area contributed by atoms with Gasteiger partial charge in [-0.1, -0.05) is 18.2 Å². The topological polar surface area (TPSA) is 94.2 Å². The Bertz CT molecular complexity index is 671. The largest absolute Gasteiger partial charge is 0.354 e. The summed E-state index contributed by atoms with van der Waals surface area (Å²) in [7, 11) is -5.57. The molecule has 1 N–H and O–H groups in total. The van der Waals surface area contributed by atoms with Crippen LogP contribution in [0.4, 0.5) is 0 Å². The van der Waals surface area contributed by atoms with Crippen molar-refractivity contribution in [2.24, 2.45) is 0 Å². The summed E-state index contributed by atoms with van der Waals surface area (Å²) in [5.74, 6) is 0. The van der Waals surface area contributed by atoms with Crippen molar-refractivity contribution in [3.63, 3.8) is 0 Å². The lowest BCUT2D eigenvalue weighted by Gasteiger charge is -2.13. The van der Waals surface area contributed by atoms with Gasteiger partial charge in [-0.3, -0.25) is 0 Å². The zero-order valence-corrected chi connectivity index (χ0v) is 10.5. The molecule has 3 rings (SSSR count). The van der Waals surface area contributed by atoms with Gasteiger partial charge in [-0.25, -0.2) is 0 Å². The molecule has 1 aliphatic rings. The highest BCUT2D eigenvalue weighted by Crippen LogP contribution is 2.32. The standard InChI is InChI=1S/C11H8ClNO4S/c14-12(15,16)17-18-6-5-11-9(7-18)8-3-1-2-4-10(8)13-11/h1-7,13H. The maximum Gasteiger partial charge on any atom is 0.140 e. The Balaban J connectivity index is 2.09. The molecule has 1 aromatic heterocycles. The molecule has 7 heteroatoms. The van der Waals surface area contributed by atoms with Crippen LogP contribution in [0.25, 0.3) is 17.0 Å². The summed E-state index contributed by atoms with van der Waals surface area (Å²) in [5, 5.41) is 4.15. The van der Waals surface area contributed by atoms with E-state index < -0.39 is 21.0 Å². The van der Waals surface area contributed by atoms with Gasteiger partial charge in [0.1, 0.15) is 14.5 Å². The van der Waals surface area contributed by atoms with E-state index in [1.54, 1.807) is 16.9 Å². The molecule has 0 amide bonds. The fraction of sp³-hybridized carbons (Fsp3) is 0. The van der Waals surface area contributed by atoms with Gasteiger partial charge in [-0.2, -0.15) is 14.0 Å². The number of H-pyrrole nitrogens is 1. The van der Waals surface area contributed by atoms with Gasteiger partial charge in [0.15, 0.2) is 0 Å². The molecule has 5 nitrogen and oxygen atoms in total. The highest BCUT2D eigenvalue weighted by Gasteiger charge is 2.23. The van der Waals surface area contributed by atoms with Crippen LogP contribution < -0.4 is 14.0 Å². The Morgan fingerprint density at radius 3 is 2.72 bits per heavy atom. The number of nitrogens with one attached hydrogen (secondary N) is 1. The van der Waals surface area contributed by atoms with Crippen LogP contribution in [0.1, 0.15) is 11.3 Å². The van der Waals surface area contributed by atoms with Crippen LogP contribution in [0.2, 0.25) is 0 Å². The molecule has 1 aromatic carbocycles. The summed E-state index contributed by atoms with van der Waals surface area (Å²) in [4.78, 5) is 3.20. The molecular weight excluding hydrogens is 278 g/mol. The summed E-state index contributed by atoms with van der Waals surface area (Å²) in [6.45, 7) is 0. The molecule has 1 unspecified atom stereocenters. The molecular formula is C11H8ClNO4S. The number of aromatic nitrogens is 1. The third kappa shape index (κ3) is 2.22. The second-order valence-corrected chi connectivity index (χ2v) is 6.11. The molecule has 0 saturated carbocycles. The van der Waals surface area contributed by atoms with Gasteiger partial charge in [-0.05, 0) is 12.1 Å². The van der Waals surface area contributed by atoms with Crippen LogP contribution in [0.5, 0.6) is 0 Å². The van der Waals surface area contributed by atoms with Gasteiger partial charge < -0.3 is 4.98 Å². The van der Waals surface area contributed by atoms with E-state index in [1.807, 2.05) is 24.3 Å². The summed E-state index contributed by atoms with van der Waals surface area (Å²) < 4.78 is 36.1. The van der Waals surface area contributed by atoms with Crippen molar-refractivity contribution in [1.29, 1.82) is 0 Å². The smallest absolute Gasteiger partial charge is 0.140 e. The number of hydrogen-bond donors (Lipinski definition) is 1. The minimum atomic E-state index is -4.42. The van der Waals surface area contributed by atoms with Crippen molar-refractivity contribution in [1.82, 2.24) is 4.98 Å². The van der Waals surface area contributed by atoms with E-state index in [0.29, 0.717) is 0 Å². The third-order valence-corrected chi connectivity index (χ3v) is 4.60. The molecule has 18 heavy (non-hydrogen) atoms. The molecule has 0 saturated heterocycles. The first kappa shape index (κ1) is 11.9. The molecule has 0 bridgehead atoms. The summed E-state index contributed by atoms with van der Waals surface area (Å²) in [6, 6.07) is 7.65. The maximum absolute atomic E-state index is 10.6. The highest BCUT2D eigenvalue weighted by molar-refractivity contribution is 8.13. The van der Waals surface area contributed by atoms with E-state index in [-0.39, 0.29) is 0 Å². The van der Waals surface area contributed by atoms with E-state index in [0.717, 1.165) is 22.2 Å². The zero-order chi connectivity index (χ0) is 12.8. The lowest BCUT2D eigenvalue weighted by molar-refractivity contribution is -1.91. The van der Waals surface area contributed by atoms with Gasteiger partial charge in [-0.15, -0.1) is 0 Å². The summed E-state index contributed by atoms with van der Waals surface area (Å²) >= 11 is 0. The Kier molecular flexibility index (Phi) is 2.78. The third-order valence-electron chi connectivity index (χ3n) is 2.53. The van der Waals surface area contributed by atoms with Crippen molar-refractivity contribution in [3.8, 4) is 0 Å². The fourth-order valence-electron chi connectivity index (χ4n) is 1.86. The second kappa shape index (κ2) is 4.20. The number of aromatic amines is 1. The van der Waals surface area contributed by atoms with Gasteiger partial charge >= 0.3 is 0 Å². The molecule has 0 aliphatic carbocycles. The minimum absolute atomic E-state index is 0.857. The molecule has 0 spiro atoms. The van der Waals surface area contributed by atoms with Crippen LogP contribution in [0.3, 0.4) is 0 Å². The van der Waals surface area contributed by atoms with Gasteiger partial charge in [0, 0.05) is 32.9 Å². The monoisotopic (exact) mass is 285 g/mol. The van der Waals surface area contributed by atoms with Crippen molar-refractivity contribution >= 4 is 33.1 Å². The number of halogens is 1. The van der Waals surface area contributed by atoms with Crippen LogP contribution in [-0.2, 0) is 3.74 Å². The predicted molar refractivity (Wildman–Crippen MR) is 61.2 cm³/mol. The van der Waals surface area contributed by atoms with Crippen molar-refractivity contribution < 1.29 is 28.0 Å². The Hall–Kier alpha value is -1.15. The van der Waals surface area contributed by atoms with Crippen LogP contribution >= 0.6 is 10.8 Å². The fourth-order valence-corrected chi connectivity index (χ4v) is 3.72. The van der Waals surface area contributed by atoms with Crippen LogP contribution in [-0.4, -0.2) is 10.4 Å². The number of rotatable bonds is 2. The minimum Gasteiger partial charge on any atom is -0.354 e. The van der Waals surface area contributed by atoms with Crippen molar-refractivity contribution in [2.45, 2.75) is 0 Å². The molecule has 1 aliphatic heterocycles. The molecule has 2 heterocycles. The first-order chi connectivity index (χ1) is 8.53. The van der Waals surface area contributed by atoms with Crippen molar-refractivity contribution in [3.05, 3.63) is 40.9 Å². The normalized spacial score (nSPS) is 18.7. The SMILES string of the molecule is [O-][Cl+3]([O-])([O-])OS1=Cc2c([nH]c3ccccc23)C=C1. The first-order valence-corrected chi connectivity index (χ1v) is 7.50. The molecule has 94 valence electrons. The average Bonchev–Trinajstić information content (AvgIpc) is 2.65. The van der Waals surface area contributed by atoms with E-state index in [4.69, 9.17) is 0 Å². The van der Waals surface area contributed by atoms with Gasteiger partial charge in [0.25, 0.3) is 0 Å². The van der Waals surface area contributed by atoms with E-state index in [1.165, 1.54) is 0 Å². The average molecular weight is 286 g/mol.